The van der Waals surface area contributed by atoms with Gasteiger partial charge in [0.2, 0.25) is 0 Å². The van der Waals surface area contributed by atoms with E-state index in [0.717, 1.165) is 23.4 Å². The number of hydrogen-bond donors (Lipinski definition) is 1. The van der Waals surface area contributed by atoms with Gasteiger partial charge in [-0.15, -0.1) is 0 Å². The summed E-state index contributed by atoms with van der Waals surface area (Å²) in [6.45, 7) is 5.68. The lowest BCUT2D eigenvalue weighted by molar-refractivity contribution is 0.359. The van der Waals surface area contributed by atoms with Crippen LogP contribution in [-0.4, -0.2) is 6.54 Å². The molecule has 0 radical (unpaired) electrons. The van der Waals surface area contributed by atoms with Gasteiger partial charge in [0.15, 0.2) is 0 Å². The second-order valence-corrected chi connectivity index (χ2v) is 6.10. The molecule has 2 heteroatoms. The van der Waals surface area contributed by atoms with Gasteiger partial charge in [-0.2, -0.15) is 0 Å². The first-order valence-corrected chi connectivity index (χ1v) is 7.57. The normalized spacial score (nSPS) is 25.3. The highest BCUT2D eigenvalue weighted by molar-refractivity contribution is 6.30. The highest BCUT2D eigenvalue weighted by Crippen LogP contribution is 2.39. The fourth-order valence-electron chi connectivity index (χ4n) is 3.11. The molecule has 1 nitrogen and oxygen atoms in total. The summed E-state index contributed by atoms with van der Waals surface area (Å²) in [5.41, 5.74) is 1.36. The van der Waals surface area contributed by atoms with Crippen LogP contribution < -0.4 is 5.32 Å². The van der Waals surface area contributed by atoms with Crippen molar-refractivity contribution in [3.8, 4) is 0 Å². The maximum Gasteiger partial charge on any atom is 0.0409 e. The zero-order valence-corrected chi connectivity index (χ0v) is 12.2. The van der Waals surface area contributed by atoms with Gasteiger partial charge in [-0.25, -0.2) is 0 Å². The molecule has 1 aliphatic carbocycles. The van der Waals surface area contributed by atoms with Crippen LogP contribution in [0.25, 0.3) is 0 Å². The van der Waals surface area contributed by atoms with Crippen LogP contribution in [0.15, 0.2) is 24.3 Å². The Labute approximate surface area is 116 Å². The second kappa shape index (κ2) is 6.58. The molecule has 100 valence electrons. The van der Waals surface area contributed by atoms with Crippen molar-refractivity contribution in [1.82, 2.24) is 5.32 Å². The standard InChI is InChI=1S/C16H24ClN/c1-3-9-18-16(14-8-7-12(2)10-14)13-5-4-6-15(17)11-13/h4-6,11-12,14,16,18H,3,7-10H2,1-2H3. The quantitative estimate of drug-likeness (QED) is 0.805. The summed E-state index contributed by atoms with van der Waals surface area (Å²) < 4.78 is 0. The summed E-state index contributed by atoms with van der Waals surface area (Å²) in [6, 6.07) is 8.84. The molecule has 0 saturated heterocycles. The number of nitrogens with one attached hydrogen (secondary N) is 1. The van der Waals surface area contributed by atoms with Crippen LogP contribution in [0.3, 0.4) is 0 Å². The average Bonchev–Trinajstić information content (AvgIpc) is 2.76. The molecule has 2 rings (SSSR count). The molecule has 1 aliphatic rings. The molecule has 18 heavy (non-hydrogen) atoms. The lowest BCUT2D eigenvalue weighted by Gasteiger charge is -2.25. The molecule has 1 aromatic rings. The first-order valence-electron chi connectivity index (χ1n) is 7.19. The predicted molar refractivity (Wildman–Crippen MR) is 79.0 cm³/mol. The van der Waals surface area contributed by atoms with E-state index >= 15 is 0 Å². The van der Waals surface area contributed by atoms with Crippen molar-refractivity contribution in [1.29, 1.82) is 0 Å². The Kier molecular flexibility index (Phi) is 5.08. The van der Waals surface area contributed by atoms with E-state index in [1.165, 1.54) is 31.2 Å². The van der Waals surface area contributed by atoms with Gasteiger partial charge in [-0.1, -0.05) is 44.0 Å². The van der Waals surface area contributed by atoms with E-state index < -0.39 is 0 Å². The molecule has 3 unspecified atom stereocenters. The predicted octanol–water partition coefficient (Wildman–Crippen LogP) is 4.82. The molecule has 0 amide bonds. The molecular formula is C16H24ClN. The largest absolute Gasteiger partial charge is 0.310 e. The lowest BCUT2D eigenvalue weighted by atomic mass is 9.91. The molecule has 0 aliphatic heterocycles. The second-order valence-electron chi connectivity index (χ2n) is 5.67. The SMILES string of the molecule is CCCNC(c1cccc(Cl)c1)C1CCC(C)C1. The number of hydrogen-bond acceptors (Lipinski definition) is 1. The third-order valence-electron chi connectivity index (χ3n) is 4.03. The maximum atomic E-state index is 6.13. The first-order chi connectivity index (χ1) is 8.70. The minimum absolute atomic E-state index is 0.480. The van der Waals surface area contributed by atoms with Gasteiger partial charge in [-0.05, 0) is 55.3 Å². The van der Waals surface area contributed by atoms with Crippen molar-refractivity contribution in [2.75, 3.05) is 6.54 Å². The maximum absolute atomic E-state index is 6.13. The zero-order chi connectivity index (χ0) is 13.0. The molecule has 0 heterocycles. The van der Waals surface area contributed by atoms with Gasteiger partial charge >= 0.3 is 0 Å². The van der Waals surface area contributed by atoms with Crippen molar-refractivity contribution in [3.05, 3.63) is 34.9 Å². The number of rotatable bonds is 5. The molecule has 1 N–H and O–H groups in total. The third-order valence-corrected chi connectivity index (χ3v) is 4.26. The van der Waals surface area contributed by atoms with Crippen LogP contribution in [0.1, 0.15) is 51.1 Å². The summed E-state index contributed by atoms with van der Waals surface area (Å²) >= 11 is 6.13. The van der Waals surface area contributed by atoms with E-state index in [2.05, 4.69) is 37.4 Å². The Morgan fingerprint density at radius 1 is 1.39 bits per heavy atom. The fraction of sp³-hybridized carbons (Fsp3) is 0.625. The number of benzene rings is 1. The van der Waals surface area contributed by atoms with Gasteiger partial charge in [0.05, 0.1) is 0 Å². The summed E-state index contributed by atoms with van der Waals surface area (Å²) in [6.07, 6.45) is 5.23. The van der Waals surface area contributed by atoms with Gasteiger partial charge in [-0.3, -0.25) is 0 Å². The Bertz CT molecular complexity index is 377. The molecular weight excluding hydrogens is 242 g/mol. The van der Waals surface area contributed by atoms with E-state index in [4.69, 9.17) is 11.6 Å². The van der Waals surface area contributed by atoms with Gasteiger partial charge < -0.3 is 5.32 Å². The summed E-state index contributed by atoms with van der Waals surface area (Å²) in [5, 5.41) is 4.57. The van der Waals surface area contributed by atoms with Crippen LogP contribution in [0.2, 0.25) is 5.02 Å². The fourth-order valence-corrected chi connectivity index (χ4v) is 3.31. The Morgan fingerprint density at radius 3 is 2.83 bits per heavy atom. The van der Waals surface area contributed by atoms with Crippen molar-refractivity contribution in [2.45, 2.75) is 45.6 Å². The minimum atomic E-state index is 0.480. The van der Waals surface area contributed by atoms with Crippen LogP contribution in [0, 0.1) is 11.8 Å². The first kappa shape index (κ1) is 13.9. The summed E-state index contributed by atoms with van der Waals surface area (Å²) in [4.78, 5) is 0. The Balaban J connectivity index is 2.14. The Hall–Kier alpha value is -0.530. The summed E-state index contributed by atoms with van der Waals surface area (Å²) in [7, 11) is 0. The van der Waals surface area contributed by atoms with Crippen molar-refractivity contribution >= 4 is 11.6 Å². The van der Waals surface area contributed by atoms with E-state index in [0.29, 0.717) is 6.04 Å². The lowest BCUT2D eigenvalue weighted by Crippen LogP contribution is -2.28. The van der Waals surface area contributed by atoms with E-state index in [9.17, 15) is 0 Å². The molecule has 1 aromatic carbocycles. The average molecular weight is 266 g/mol. The monoisotopic (exact) mass is 265 g/mol. The van der Waals surface area contributed by atoms with Crippen LogP contribution in [0.4, 0.5) is 0 Å². The number of halogens is 1. The third kappa shape index (κ3) is 3.49. The highest BCUT2D eigenvalue weighted by Gasteiger charge is 2.29. The topological polar surface area (TPSA) is 12.0 Å². The van der Waals surface area contributed by atoms with Gasteiger partial charge in [0, 0.05) is 11.1 Å². The van der Waals surface area contributed by atoms with Gasteiger partial charge in [0.1, 0.15) is 0 Å². The van der Waals surface area contributed by atoms with Crippen LogP contribution >= 0.6 is 11.6 Å². The van der Waals surface area contributed by atoms with E-state index in [1.54, 1.807) is 0 Å². The Morgan fingerprint density at radius 2 is 2.22 bits per heavy atom. The molecule has 0 bridgehead atoms. The zero-order valence-electron chi connectivity index (χ0n) is 11.5. The van der Waals surface area contributed by atoms with E-state index in [-0.39, 0.29) is 0 Å². The molecule has 0 aromatic heterocycles. The molecule has 0 spiro atoms. The van der Waals surface area contributed by atoms with Crippen molar-refractivity contribution < 1.29 is 0 Å². The van der Waals surface area contributed by atoms with Crippen LogP contribution in [0.5, 0.6) is 0 Å². The van der Waals surface area contributed by atoms with E-state index in [1.807, 2.05) is 6.07 Å². The molecule has 1 fully saturated rings. The minimum Gasteiger partial charge on any atom is -0.310 e. The van der Waals surface area contributed by atoms with Crippen molar-refractivity contribution in [2.24, 2.45) is 11.8 Å². The van der Waals surface area contributed by atoms with Crippen LogP contribution in [-0.2, 0) is 0 Å². The summed E-state index contributed by atoms with van der Waals surface area (Å²) in [5.74, 6) is 1.64. The smallest absolute Gasteiger partial charge is 0.0409 e. The highest BCUT2D eigenvalue weighted by atomic mass is 35.5. The molecule has 3 atom stereocenters. The van der Waals surface area contributed by atoms with Crippen molar-refractivity contribution in [3.63, 3.8) is 0 Å². The molecule has 1 saturated carbocycles. The van der Waals surface area contributed by atoms with Gasteiger partial charge in [0.25, 0.3) is 0 Å².